The van der Waals surface area contributed by atoms with E-state index in [1.165, 1.54) is 0 Å². The summed E-state index contributed by atoms with van der Waals surface area (Å²) < 4.78 is 6.79. The SMILES string of the molecule is O=C(NC1(C(=O)O)CCOCC1)c1cn(C2CNC2)nn1. The van der Waals surface area contributed by atoms with Gasteiger partial charge in [-0.25, -0.2) is 9.48 Å². The number of hydrogen-bond donors (Lipinski definition) is 3. The highest BCUT2D eigenvalue weighted by Crippen LogP contribution is 2.21. The van der Waals surface area contributed by atoms with E-state index in [0.29, 0.717) is 13.2 Å². The molecule has 2 aliphatic heterocycles. The van der Waals surface area contributed by atoms with Gasteiger partial charge in [-0.1, -0.05) is 5.21 Å². The van der Waals surface area contributed by atoms with Gasteiger partial charge in [-0.3, -0.25) is 4.79 Å². The van der Waals surface area contributed by atoms with Crippen LogP contribution in [0.15, 0.2) is 6.20 Å². The van der Waals surface area contributed by atoms with E-state index in [1.54, 1.807) is 10.9 Å². The lowest BCUT2D eigenvalue weighted by atomic mass is 9.90. The molecule has 3 rings (SSSR count). The number of nitrogens with zero attached hydrogens (tertiary/aromatic N) is 3. The van der Waals surface area contributed by atoms with Gasteiger partial charge in [-0.05, 0) is 0 Å². The van der Waals surface area contributed by atoms with E-state index in [-0.39, 0.29) is 24.6 Å². The second-order valence-corrected chi connectivity index (χ2v) is 5.35. The Kier molecular flexibility index (Phi) is 3.60. The van der Waals surface area contributed by atoms with Crippen molar-refractivity contribution in [3.8, 4) is 0 Å². The lowest BCUT2D eigenvalue weighted by Gasteiger charge is -2.33. The first-order valence-corrected chi connectivity index (χ1v) is 6.87. The van der Waals surface area contributed by atoms with Crippen molar-refractivity contribution in [2.45, 2.75) is 24.4 Å². The summed E-state index contributed by atoms with van der Waals surface area (Å²) >= 11 is 0. The summed E-state index contributed by atoms with van der Waals surface area (Å²) in [5.41, 5.74) is -1.15. The lowest BCUT2D eigenvalue weighted by molar-refractivity contribution is -0.148. The molecule has 0 saturated carbocycles. The molecule has 0 spiro atoms. The van der Waals surface area contributed by atoms with Crippen molar-refractivity contribution >= 4 is 11.9 Å². The Morgan fingerprint density at radius 3 is 2.71 bits per heavy atom. The van der Waals surface area contributed by atoms with Crippen LogP contribution in [0.25, 0.3) is 0 Å². The van der Waals surface area contributed by atoms with Crippen LogP contribution in [0.3, 0.4) is 0 Å². The molecule has 0 unspecified atom stereocenters. The molecule has 3 N–H and O–H groups in total. The van der Waals surface area contributed by atoms with Crippen LogP contribution in [0, 0.1) is 0 Å². The minimum Gasteiger partial charge on any atom is -0.480 e. The molecule has 3 heterocycles. The molecule has 21 heavy (non-hydrogen) atoms. The van der Waals surface area contributed by atoms with E-state index in [1.807, 2.05) is 0 Å². The molecule has 1 aromatic rings. The molecule has 1 amide bonds. The Bertz CT molecular complexity index is 548. The first kappa shape index (κ1) is 14.0. The van der Waals surface area contributed by atoms with E-state index < -0.39 is 17.4 Å². The van der Waals surface area contributed by atoms with E-state index in [0.717, 1.165) is 13.1 Å². The molecular formula is C12H17N5O4. The Balaban J connectivity index is 1.71. The number of ether oxygens (including phenoxy) is 1. The summed E-state index contributed by atoms with van der Waals surface area (Å²) in [6.07, 6.45) is 2.04. The fourth-order valence-corrected chi connectivity index (χ4v) is 2.41. The van der Waals surface area contributed by atoms with Crippen molar-refractivity contribution < 1.29 is 19.4 Å². The highest BCUT2D eigenvalue weighted by atomic mass is 16.5. The normalized spacial score (nSPS) is 21.5. The number of carboxylic acid groups (broad SMARTS) is 1. The molecule has 0 aromatic carbocycles. The van der Waals surface area contributed by atoms with E-state index in [4.69, 9.17) is 4.74 Å². The standard InChI is InChI=1S/C12H17N5O4/c18-10(9-7-17(16-15-9)8-5-13-6-8)14-12(11(19)20)1-3-21-4-2-12/h7-8,13H,1-6H2,(H,14,18)(H,19,20). The smallest absolute Gasteiger partial charge is 0.329 e. The average Bonchev–Trinajstić information content (AvgIpc) is 2.87. The van der Waals surface area contributed by atoms with Gasteiger partial charge < -0.3 is 20.5 Å². The van der Waals surface area contributed by atoms with Gasteiger partial charge in [0.05, 0.1) is 12.2 Å². The summed E-state index contributed by atoms with van der Waals surface area (Å²) in [6, 6.07) is 0.204. The van der Waals surface area contributed by atoms with Crippen molar-refractivity contribution in [2.75, 3.05) is 26.3 Å². The van der Waals surface area contributed by atoms with Crippen LogP contribution in [0.5, 0.6) is 0 Å². The molecule has 0 radical (unpaired) electrons. The van der Waals surface area contributed by atoms with Crippen molar-refractivity contribution in [3.05, 3.63) is 11.9 Å². The number of carbonyl (C=O) groups excluding carboxylic acids is 1. The van der Waals surface area contributed by atoms with Crippen molar-refractivity contribution in [1.29, 1.82) is 0 Å². The third-order valence-corrected chi connectivity index (χ3v) is 3.99. The fourth-order valence-electron chi connectivity index (χ4n) is 2.41. The zero-order chi connectivity index (χ0) is 14.9. The van der Waals surface area contributed by atoms with Crippen LogP contribution in [0.2, 0.25) is 0 Å². The van der Waals surface area contributed by atoms with Crippen molar-refractivity contribution in [3.63, 3.8) is 0 Å². The van der Waals surface area contributed by atoms with E-state index in [2.05, 4.69) is 20.9 Å². The maximum absolute atomic E-state index is 12.2. The lowest BCUT2D eigenvalue weighted by Crippen LogP contribution is -2.57. The number of rotatable bonds is 4. The molecule has 2 fully saturated rings. The molecule has 9 heteroatoms. The summed E-state index contributed by atoms with van der Waals surface area (Å²) in [4.78, 5) is 23.7. The Morgan fingerprint density at radius 2 is 2.14 bits per heavy atom. The summed E-state index contributed by atoms with van der Waals surface area (Å²) in [5, 5.41) is 22.8. The summed E-state index contributed by atoms with van der Waals surface area (Å²) in [6.45, 7) is 2.21. The highest BCUT2D eigenvalue weighted by Gasteiger charge is 2.42. The second-order valence-electron chi connectivity index (χ2n) is 5.35. The molecule has 0 atom stereocenters. The average molecular weight is 295 g/mol. The molecule has 0 aliphatic carbocycles. The number of amides is 1. The number of aromatic nitrogens is 3. The van der Waals surface area contributed by atoms with Crippen LogP contribution in [0.1, 0.15) is 29.4 Å². The molecular weight excluding hydrogens is 278 g/mol. The number of carbonyl (C=O) groups is 2. The minimum absolute atomic E-state index is 0.133. The topological polar surface area (TPSA) is 118 Å². The maximum atomic E-state index is 12.2. The zero-order valence-electron chi connectivity index (χ0n) is 11.4. The Labute approximate surface area is 120 Å². The maximum Gasteiger partial charge on any atom is 0.329 e. The predicted octanol–water partition coefficient (Wildman–Crippen LogP) is -1.21. The second kappa shape index (κ2) is 5.41. The van der Waals surface area contributed by atoms with Gasteiger partial charge in [0.25, 0.3) is 5.91 Å². The van der Waals surface area contributed by atoms with E-state index >= 15 is 0 Å². The van der Waals surface area contributed by atoms with Gasteiger partial charge in [0.2, 0.25) is 0 Å². The highest BCUT2D eigenvalue weighted by molar-refractivity contribution is 5.96. The Morgan fingerprint density at radius 1 is 1.43 bits per heavy atom. The summed E-state index contributed by atoms with van der Waals surface area (Å²) in [7, 11) is 0. The molecule has 2 aliphatic rings. The van der Waals surface area contributed by atoms with Gasteiger partial charge >= 0.3 is 5.97 Å². The number of nitrogens with one attached hydrogen (secondary N) is 2. The first-order valence-electron chi connectivity index (χ1n) is 6.87. The van der Waals surface area contributed by atoms with Crippen LogP contribution in [0.4, 0.5) is 0 Å². The van der Waals surface area contributed by atoms with E-state index in [9.17, 15) is 14.7 Å². The molecule has 9 nitrogen and oxygen atoms in total. The number of aliphatic carboxylic acids is 1. The third-order valence-electron chi connectivity index (χ3n) is 3.99. The molecule has 1 aromatic heterocycles. The fraction of sp³-hybridized carbons (Fsp3) is 0.667. The van der Waals surface area contributed by atoms with Gasteiger partial charge in [0, 0.05) is 39.1 Å². The molecule has 0 bridgehead atoms. The van der Waals surface area contributed by atoms with Gasteiger partial charge in [0.1, 0.15) is 5.54 Å². The number of hydrogen-bond acceptors (Lipinski definition) is 6. The van der Waals surface area contributed by atoms with Gasteiger partial charge in [-0.15, -0.1) is 5.10 Å². The third kappa shape index (κ3) is 2.61. The van der Waals surface area contributed by atoms with Crippen LogP contribution in [-0.4, -0.2) is 63.8 Å². The van der Waals surface area contributed by atoms with Crippen molar-refractivity contribution in [2.24, 2.45) is 0 Å². The Hall–Kier alpha value is -2.00. The number of carboxylic acids is 1. The monoisotopic (exact) mass is 295 g/mol. The van der Waals surface area contributed by atoms with Crippen LogP contribution in [-0.2, 0) is 9.53 Å². The van der Waals surface area contributed by atoms with Gasteiger partial charge in [0.15, 0.2) is 5.69 Å². The first-order chi connectivity index (χ1) is 10.1. The zero-order valence-corrected chi connectivity index (χ0v) is 11.4. The van der Waals surface area contributed by atoms with Crippen LogP contribution < -0.4 is 10.6 Å². The quantitative estimate of drug-likeness (QED) is 0.637. The van der Waals surface area contributed by atoms with Gasteiger partial charge in [-0.2, -0.15) is 0 Å². The van der Waals surface area contributed by atoms with Crippen LogP contribution >= 0.6 is 0 Å². The minimum atomic E-state index is -1.28. The van der Waals surface area contributed by atoms with Crippen molar-refractivity contribution in [1.82, 2.24) is 25.6 Å². The predicted molar refractivity (Wildman–Crippen MR) is 69.8 cm³/mol. The largest absolute Gasteiger partial charge is 0.480 e. The molecule has 114 valence electrons. The molecule has 2 saturated heterocycles. The summed E-state index contributed by atoms with van der Waals surface area (Å²) in [5.74, 6) is -1.56.